The molecule has 3 aromatic carbocycles. The number of rotatable bonds is 6. The second-order valence-corrected chi connectivity index (χ2v) is 9.97. The summed E-state index contributed by atoms with van der Waals surface area (Å²) < 4.78 is 0. The van der Waals surface area contributed by atoms with E-state index in [1.165, 1.54) is 16.9 Å². The van der Waals surface area contributed by atoms with E-state index in [-0.39, 0.29) is 0 Å². The number of nitrogens with zero attached hydrogens (tertiary/aromatic N) is 7. The second-order valence-electron chi connectivity index (χ2n) is 9.97. The van der Waals surface area contributed by atoms with Crippen molar-refractivity contribution in [2.75, 3.05) is 23.3 Å². The molecular formula is C30H28N9. The molecule has 2 aliphatic rings. The molecule has 1 radical (unpaired) electrons. The van der Waals surface area contributed by atoms with Crippen molar-refractivity contribution < 1.29 is 0 Å². The molecule has 9 nitrogen and oxygen atoms in total. The summed E-state index contributed by atoms with van der Waals surface area (Å²) >= 11 is 0. The number of para-hydroxylation sites is 2. The minimum atomic E-state index is 0.467. The molecule has 39 heavy (non-hydrogen) atoms. The zero-order valence-corrected chi connectivity index (χ0v) is 21.4. The summed E-state index contributed by atoms with van der Waals surface area (Å²) in [5.74, 6) is 0.467. The van der Waals surface area contributed by atoms with Gasteiger partial charge in [-0.25, -0.2) is 4.98 Å². The van der Waals surface area contributed by atoms with Gasteiger partial charge in [0.25, 0.3) is 0 Å². The van der Waals surface area contributed by atoms with E-state index in [1.54, 1.807) is 6.20 Å². The third kappa shape index (κ3) is 4.72. The Kier molecular flexibility index (Phi) is 6.18. The molecule has 0 bridgehead atoms. The minimum absolute atomic E-state index is 0.467. The number of aromatic amines is 1. The van der Waals surface area contributed by atoms with Crippen LogP contribution in [0.25, 0.3) is 34.0 Å². The van der Waals surface area contributed by atoms with E-state index in [9.17, 15) is 0 Å². The van der Waals surface area contributed by atoms with Crippen LogP contribution in [0.5, 0.6) is 0 Å². The van der Waals surface area contributed by atoms with Crippen LogP contribution < -0.4 is 10.2 Å². The van der Waals surface area contributed by atoms with Crippen LogP contribution in [0, 0.1) is 6.67 Å². The van der Waals surface area contributed by atoms with Crippen LogP contribution in [0.2, 0.25) is 0 Å². The number of hydrogen-bond donors (Lipinski definition) is 2. The number of hydrogen-bond acceptors (Lipinski definition) is 8. The van der Waals surface area contributed by atoms with Crippen molar-refractivity contribution in [3.05, 3.63) is 97.3 Å². The molecule has 4 heterocycles. The van der Waals surface area contributed by atoms with Crippen LogP contribution in [-0.4, -0.2) is 54.6 Å². The highest BCUT2D eigenvalue weighted by atomic mass is 15.3. The first-order chi connectivity index (χ1) is 19.3. The maximum absolute atomic E-state index is 4.86. The minimum Gasteiger partial charge on any atom is -0.360 e. The molecule has 0 aliphatic carbocycles. The monoisotopic (exact) mass is 514 g/mol. The normalized spacial score (nSPS) is 15.7. The lowest BCUT2D eigenvalue weighted by molar-refractivity contribution is 0.204. The average Bonchev–Trinajstić information content (AvgIpc) is 3.69. The predicted molar refractivity (Wildman–Crippen MR) is 151 cm³/mol. The van der Waals surface area contributed by atoms with Crippen LogP contribution in [0.3, 0.4) is 0 Å². The first-order valence-electron chi connectivity index (χ1n) is 13.3. The molecule has 2 aromatic heterocycles. The van der Waals surface area contributed by atoms with Gasteiger partial charge in [0.2, 0.25) is 5.82 Å². The highest BCUT2D eigenvalue weighted by Crippen LogP contribution is 2.36. The summed E-state index contributed by atoms with van der Waals surface area (Å²) in [4.78, 5) is 9.82. The molecule has 1 saturated heterocycles. The second kappa shape index (κ2) is 10.3. The molecule has 0 atom stereocenters. The van der Waals surface area contributed by atoms with Gasteiger partial charge in [-0.2, -0.15) is 0 Å². The summed E-state index contributed by atoms with van der Waals surface area (Å²) in [6, 6.07) is 27.8. The predicted octanol–water partition coefficient (Wildman–Crippen LogP) is 5.01. The van der Waals surface area contributed by atoms with Crippen molar-refractivity contribution in [1.82, 2.24) is 35.5 Å². The molecule has 1 fully saturated rings. The molecule has 193 valence electrons. The number of H-pyrrole nitrogens is 1. The fourth-order valence-electron chi connectivity index (χ4n) is 5.45. The number of benzene rings is 3. The Balaban J connectivity index is 1.07. The Morgan fingerprint density at radius 1 is 0.795 bits per heavy atom. The molecule has 0 amide bonds. The van der Waals surface area contributed by atoms with Gasteiger partial charge in [0, 0.05) is 36.8 Å². The van der Waals surface area contributed by atoms with Crippen LogP contribution in [0.1, 0.15) is 18.4 Å². The lowest BCUT2D eigenvalue weighted by Crippen LogP contribution is -2.43. The average molecular weight is 515 g/mol. The third-order valence-corrected chi connectivity index (χ3v) is 7.52. The summed E-state index contributed by atoms with van der Waals surface area (Å²) in [6.07, 6.45) is 3.89. The molecule has 0 unspecified atom stereocenters. The summed E-state index contributed by atoms with van der Waals surface area (Å²) in [7, 11) is 0. The molecule has 2 N–H and O–H groups in total. The lowest BCUT2D eigenvalue weighted by atomic mass is 10.0. The van der Waals surface area contributed by atoms with E-state index in [4.69, 9.17) is 4.98 Å². The van der Waals surface area contributed by atoms with Crippen LogP contribution in [0.4, 0.5) is 11.4 Å². The zero-order valence-electron chi connectivity index (χ0n) is 21.4. The molecule has 7 rings (SSSR count). The maximum Gasteiger partial charge on any atom is 0.202 e. The Hall–Kier alpha value is -4.63. The van der Waals surface area contributed by atoms with Gasteiger partial charge in [0.1, 0.15) is 23.8 Å². The van der Waals surface area contributed by atoms with Crippen molar-refractivity contribution in [2.45, 2.75) is 25.4 Å². The lowest BCUT2D eigenvalue weighted by Gasteiger charge is -2.37. The van der Waals surface area contributed by atoms with Gasteiger partial charge < -0.3 is 10.2 Å². The molecule has 9 heteroatoms. The summed E-state index contributed by atoms with van der Waals surface area (Å²) in [6.45, 7) is 5.22. The van der Waals surface area contributed by atoms with E-state index in [0.29, 0.717) is 17.6 Å². The highest BCUT2D eigenvalue weighted by molar-refractivity contribution is 5.79. The van der Waals surface area contributed by atoms with E-state index in [0.717, 1.165) is 55.0 Å². The first kappa shape index (κ1) is 23.5. The highest BCUT2D eigenvalue weighted by Gasteiger charge is 2.29. The van der Waals surface area contributed by atoms with Crippen LogP contribution in [0.15, 0.2) is 85.1 Å². The first-order valence-corrected chi connectivity index (χ1v) is 13.3. The van der Waals surface area contributed by atoms with Crippen molar-refractivity contribution in [3.63, 3.8) is 0 Å². The van der Waals surface area contributed by atoms with E-state index in [1.807, 2.05) is 30.3 Å². The number of aromatic nitrogens is 6. The van der Waals surface area contributed by atoms with Gasteiger partial charge in [0.05, 0.1) is 17.6 Å². The SMILES string of the molecule is [CH]1Nc2ccccc2N1C1CCN(Cc2ccc(-c3nc(-c4cnn[nH]4)nnc3-c3ccccc3)cc2)CC1. The molecular weight excluding hydrogens is 486 g/mol. The number of piperidine rings is 1. The van der Waals surface area contributed by atoms with Gasteiger partial charge in [-0.05, 0) is 30.5 Å². The zero-order chi connectivity index (χ0) is 26.0. The molecule has 5 aromatic rings. The fourth-order valence-corrected chi connectivity index (χ4v) is 5.45. The van der Waals surface area contributed by atoms with Crippen LogP contribution >= 0.6 is 0 Å². The topological polar surface area (TPSA) is 98.8 Å². The maximum atomic E-state index is 4.86. The number of likely N-dealkylation sites (tertiary alicyclic amines) is 1. The Bertz CT molecular complexity index is 1540. The number of fused-ring (bicyclic) bond motifs is 1. The summed E-state index contributed by atoms with van der Waals surface area (Å²) in [5.41, 5.74) is 7.90. The van der Waals surface area contributed by atoms with Gasteiger partial charge in [0.15, 0.2) is 0 Å². The van der Waals surface area contributed by atoms with E-state index < -0.39 is 0 Å². The number of anilines is 2. The number of nitrogens with one attached hydrogen (secondary N) is 2. The fraction of sp³-hybridized carbons (Fsp3) is 0.200. The molecule has 0 spiro atoms. The van der Waals surface area contributed by atoms with E-state index >= 15 is 0 Å². The van der Waals surface area contributed by atoms with Crippen LogP contribution in [-0.2, 0) is 6.54 Å². The van der Waals surface area contributed by atoms with Gasteiger partial charge in [-0.15, -0.1) is 15.3 Å². The van der Waals surface area contributed by atoms with Crippen molar-refractivity contribution in [2.24, 2.45) is 0 Å². The Morgan fingerprint density at radius 2 is 1.56 bits per heavy atom. The quantitative estimate of drug-likeness (QED) is 0.326. The van der Waals surface area contributed by atoms with Crippen molar-refractivity contribution in [3.8, 4) is 34.0 Å². The standard InChI is InChI=1S/C30H28N9/c1-2-6-22(7-3-1)29-28(33-30(36-35-29)26-18-32-37-34-26)23-12-10-21(11-13-23)19-38-16-14-24(15-17-38)39-20-31-25-8-4-5-9-27(25)39/h1-13,18,20,24,31H,14-17,19H2,(H,32,34,37). The summed E-state index contributed by atoms with van der Waals surface area (Å²) in [5, 5.41) is 22.8. The Labute approximate surface area is 226 Å². The largest absolute Gasteiger partial charge is 0.360 e. The van der Waals surface area contributed by atoms with E-state index in [2.05, 4.69) is 95.9 Å². The van der Waals surface area contributed by atoms with Gasteiger partial charge in [-0.3, -0.25) is 10.00 Å². The van der Waals surface area contributed by atoms with Crippen molar-refractivity contribution in [1.29, 1.82) is 0 Å². The Morgan fingerprint density at radius 3 is 2.36 bits per heavy atom. The smallest absolute Gasteiger partial charge is 0.202 e. The molecule has 2 aliphatic heterocycles. The van der Waals surface area contributed by atoms with Gasteiger partial charge in [-0.1, -0.05) is 71.9 Å². The third-order valence-electron chi connectivity index (χ3n) is 7.52. The van der Waals surface area contributed by atoms with Gasteiger partial charge >= 0.3 is 0 Å². The van der Waals surface area contributed by atoms with Crippen molar-refractivity contribution >= 4 is 11.4 Å². The molecule has 0 saturated carbocycles.